The summed E-state index contributed by atoms with van der Waals surface area (Å²) in [4.78, 5) is 46.9. The van der Waals surface area contributed by atoms with E-state index in [4.69, 9.17) is 4.74 Å². The molecule has 0 aromatic rings. The van der Waals surface area contributed by atoms with Crippen LogP contribution in [0.4, 0.5) is 0 Å². The molecule has 1 unspecified atom stereocenters. The van der Waals surface area contributed by atoms with Gasteiger partial charge in [0.15, 0.2) is 0 Å². The summed E-state index contributed by atoms with van der Waals surface area (Å²) in [5.74, 6) is -2.12. The first-order valence-electron chi connectivity index (χ1n) is 12.3. The van der Waals surface area contributed by atoms with E-state index >= 15 is 0 Å². The van der Waals surface area contributed by atoms with Crippen LogP contribution in [-0.4, -0.2) is 93.1 Å². The lowest BCUT2D eigenvalue weighted by Gasteiger charge is -2.40. The van der Waals surface area contributed by atoms with Crippen molar-refractivity contribution in [3.8, 4) is 0 Å². The second-order valence-electron chi connectivity index (χ2n) is 10.1. The van der Waals surface area contributed by atoms with Crippen LogP contribution in [0.25, 0.3) is 0 Å². The lowest BCUT2D eigenvalue weighted by Crippen LogP contribution is -2.59. The van der Waals surface area contributed by atoms with E-state index in [0.29, 0.717) is 26.1 Å². The molecular formula is C25H37N3O5. The lowest BCUT2D eigenvalue weighted by molar-refractivity contribution is -0.157. The molecule has 4 heterocycles. The maximum absolute atomic E-state index is 14.1. The Bertz CT molecular complexity index is 885. The summed E-state index contributed by atoms with van der Waals surface area (Å²) in [6.45, 7) is 10.8. The molecule has 2 fully saturated rings. The van der Waals surface area contributed by atoms with Gasteiger partial charge in [-0.2, -0.15) is 0 Å². The molecule has 0 bridgehead atoms. The summed E-state index contributed by atoms with van der Waals surface area (Å²) in [5, 5.41) is 9.97. The number of fused-ring (bicyclic) bond motifs is 2. The molecule has 4 aliphatic rings. The number of ether oxygens (including phenoxy) is 1. The van der Waals surface area contributed by atoms with Gasteiger partial charge in [-0.25, -0.2) is 0 Å². The van der Waals surface area contributed by atoms with E-state index in [-0.39, 0.29) is 30.4 Å². The number of carbonyl (C=O) groups is 3. The third kappa shape index (κ3) is 3.28. The fourth-order valence-corrected chi connectivity index (χ4v) is 6.27. The van der Waals surface area contributed by atoms with E-state index in [2.05, 4.69) is 0 Å². The second-order valence-corrected chi connectivity index (χ2v) is 10.1. The fourth-order valence-electron chi connectivity index (χ4n) is 6.27. The SMILES string of the molecule is CCCN1CC=C[C@@]2(CC)O[C@]34C=CCN(C(C)C)C(=O)C3N([C@H](C)CO)C(=O)[C@@H]4[C@H]2C1=O. The first-order chi connectivity index (χ1) is 15.7. The minimum absolute atomic E-state index is 0.0636. The minimum Gasteiger partial charge on any atom is -0.394 e. The molecular weight excluding hydrogens is 422 g/mol. The van der Waals surface area contributed by atoms with Crippen molar-refractivity contribution in [2.45, 2.75) is 76.8 Å². The van der Waals surface area contributed by atoms with E-state index in [9.17, 15) is 19.5 Å². The second kappa shape index (κ2) is 8.55. The molecule has 0 radical (unpaired) electrons. The highest BCUT2D eigenvalue weighted by Crippen LogP contribution is 2.58. The number of hydrogen-bond donors (Lipinski definition) is 1. The summed E-state index contributed by atoms with van der Waals surface area (Å²) in [6, 6.07) is -1.56. The molecule has 4 rings (SSSR count). The highest BCUT2D eigenvalue weighted by atomic mass is 16.5. The fraction of sp³-hybridized carbons (Fsp3) is 0.720. The molecule has 0 aliphatic carbocycles. The third-order valence-corrected chi connectivity index (χ3v) is 7.85. The normalized spacial score (nSPS) is 36.8. The Balaban J connectivity index is 1.92. The van der Waals surface area contributed by atoms with Crippen molar-refractivity contribution in [1.82, 2.24) is 14.7 Å². The van der Waals surface area contributed by atoms with Crippen LogP contribution in [0.3, 0.4) is 0 Å². The molecule has 1 spiro atoms. The van der Waals surface area contributed by atoms with Crippen LogP contribution in [-0.2, 0) is 19.1 Å². The Kier molecular flexibility index (Phi) is 6.20. The topological polar surface area (TPSA) is 90.4 Å². The minimum atomic E-state index is -1.25. The van der Waals surface area contributed by atoms with Gasteiger partial charge >= 0.3 is 0 Å². The van der Waals surface area contributed by atoms with Crippen LogP contribution in [0.2, 0.25) is 0 Å². The van der Waals surface area contributed by atoms with Crippen LogP contribution >= 0.6 is 0 Å². The van der Waals surface area contributed by atoms with Crippen LogP contribution in [0.5, 0.6) is 0 Å². The van der Waals surface area contributed by atoms with E-state index in [1.54, 1.807) is 16.7 Å². The number of carbonyl (C=O) groups excluding carboxylic acids is 3. The zero-order chi connectivity index (χ0) is 24.1. The van der Waals surface area contributed by atoms with Gasteiger partial charge in [-0.3, -0.25) is 14.4 Å². The standard InChI is InChI=1S/C25H37N3O5/c1-6-12-26-13-8-10-24(7-2)18(21(26)30)19-22(31)28(17(5)15-29)20-23(32)27(16(3)4)14-9-11-25(19,20)33-24/h8-11,16-20,29H,6-7,12-15H2,1-5H3/t17-,18+,19+,20?,24-,25+/m1/s1. The predicted molar refractivity (Wildman–Crippen MR) is 123 cm³/mol. The Labute approximate surface area is 196 Å². The highest BCUT2D eigenvalue weighted by molar-refractivity contribution is 6.00. The summed E-state index contributed by atoms with van der Waals surface area (Å²) in [7, 11) is 0. The van der Waals surface area contributed by atoms with Crippen molar-refractivity contribution in [3.05, 3.63) is 24.3 Å². The van der Waals surface area contributed by atoms with Crippen molar-refractivity contribution in [2.24, 2.45) is 11.8 Å². The third-order valence-electron chi connectivity index (χ3n) is 7.85. The predicted octanol–water partition coefficient (Wildman–Crippen LogP) is 1.34. The van der Waals surface area contributed by atoms with Crippen LogP contribution < -0.4 is 0 Å². The average molecular weight is 460 g/mol. The molecule has 182 valence electrons. The number of amides is 3. The Morgan fingerprint density at radius 3 is 2.33 bits per heavy atom. The van der Waals surface area contributed by atoms with Gasteiger partial charge in [-0.05, 0) is 33.6 Å². The van der Waals surface area contributed by atoms with Gasteiger partial charge in [0.05, 0.1) is 30.1 Å². The zero-order valence-corrected chi connectivity index (χ0v) is 20.4. The zero-order valence-electron chi connectivity index (χ0n) is 20.4. The molecule has 6 atom stereocenters. The molecule has 8 heteroatoms. The Morgan fingerprint density at radius 1 is 1.03 bits per heavy atom. The molecule has 0 aromatic carbocycles. The van der Waals surface area contributed by atoms with E-state index in [1.165, 1.54) is 4.90 Å². The van der Waals surface area contributed by atoms with Crippen molar-refractivity contribution >= 4 is 17.7 Å². The van der Waals surface area contributed by atoms with E-state index < -0.39 is 35.1 Å². The number of aliphatic hydroxyl groups excluding tert-OH is 1. The molecule has 2 saturated heterocycles. The van der Waals surface area contributed by atoms with Gasteiger partial charge in [0.25, 0.3) is 0 Å². The van der Waals surface area contributed by atoms with E-state index in [1.807, 2.05) is 52.0 Å². The van der Waals surface area contributed by atoms with Gasteiger partial charge in [0, 0.05) is 25.7 Å². The monoisotopic (exact) mass is 459 g/mol. The first-order valence-corrected chi connectivity index (χ1v) is 12.3. The number of nitrogens with zero attached hydrogens (tertiary/aromatic N) is 3. The molecule has 0 saturated carbocycles. The van der Waals surface area contributed by atoms with Crippen LogP contribution in [0.1, 0.15) is 47.5 Å². The van der Waals surface area contributed by atoms with Crippen molar-refractivity contribution in [3.63, 3.8) is 0 Å². The van der Waals surface area contributed by atoms with Crippen molar-refractivity contribution < 1.29 is 24.2 Å². The van der Waals surface area contributed by atoms with Crippen LogP contribution in [0.15, 0.2) is 24.3 Å². The van der Waals surface area contributed by atoms with Gasteiger partial charge in [-0.1, -0.05) is 38.2 Å². The van der Waals surface area contributed by atoms with Crippen LogP contribution in [0, 0.1) is 11.8 Å². The molecule has 8 nitrogen and oxygen atoms in total. The van der Waals surface area contributed by atoms with E-state index in [0.717, 1.165) is 6.42 Å². The smallest absolute Gasteiger partial charge is 0.249 e. The van der Waals surface area contributed by atoms with Gasteiger partial charge < -0.3 is 24.5 Å². The largest absolute Gasteiger partial charge is 0.394 e. The van der Waals surface area contributed by atoms with Gasteiger partial charge in [-0.15, -0.1) is 0 Å². The summed E-state index contributed by atoms with van der Waals surface area (Å²) >= 11 is 0. The summed E-state index contributed by atoms with van der Waals surface area (Å²) in [5.41, 5.74) is -2.21. The average Bonchev–Trinajstić information content (AvgIpc) is 3.08. The Morgan fingerprint density at radius 2 is 1.73 bits per heavy atom. The maximum Gasteiger partial charge on any atom is 0.249 e. The van der Waals surface area contributed by atoms with Crippen molar-refractivity contribution in [2.75, 3.05) is 26.2 Å². The highest BCUT2D eigenvalue weighted by Gasteiger charge is 2.75. The first kappa shape index (κ1) is 24.0. The lowest BCUT2D eigenvalue weighted by atomic mass is 9.73. The number of rotatable bonds is 6. The summed E-state index contributed by atoms with van der Waals surface area (Å²) in [6.07, 6.45) is 9.01. The molecule has 4 aliphatic heterocycles. The number of aliphatic hydroxyl groups is 1. The molecule has 3 amide bonds. The van der Waals surface area contributed by atoms with Gasteiger partial charge in [0.2, 0.25) is 17.7 Å². The maximum atomic E-state index is 14.1. The quantitative estimate of drug-likeness (QED) is 0.606. The molecule has 0 aromatic heterocycles. The summed E-state index contributed by atoms with van der Waals surface area (Å²) < 4.78 is 6.86. The van der Waals surface area contributed by atoms with Gasteiger partial charge in [0.1, 0.15) is 11.6 Å². The molecule has 1 N–H and O–H groups in total. The number of hydrogen-bond acceptors (Lipinski definition) is 5. The Hall–Kier alpha value is -2.19. The number of likely N-dealkylation sites (tertiary alicyclic amines) is 1. The molecule has 33 heavy (non-hydrogen) atoms. The van der Waals surface area contributed by atoms with Crippen molar-refractivity contribution in [1.29, 1.82) is 0 Å².